The Bertz CT molecular complexity index is 378. The molecule has 0 aliphatic heterocycles. The predicted molar refractivity (Wildman–Crippen MR) is 55.5 cm³/mol. The number of Topliss-reactive ketones (excluding diaryl/α,β-unsaturated/α-hetero) is 2. The number of hydrogen-bond donors (Lipinski definition) is 0. The molecule has 0 aliphatic rings. The zero-order valence-corrected chi connectivity index (χ0v) is 8.76. The maximum atomic E-state index is 11.5. The molecule has 1 aromatic rings. The molecule has 0 aliphatic carbocycles. The van der Waals surface area contributed by atoms with Crippen LogP contribution in [0.5, 0.6) is 0 Å². The summed E-state index contributed by atoms with van der Waals surface area (Å²) in [6.45, 7) is 5.61. The number of ketones is 2. The Labute approximate surface area is 83.9 Å². The molecule has 0 saturated carbocycles. The van der Waals surface area contributed by atoms with Crippen molar-refractivity contribution in [1.82, 2.24) is 0 Å². The Kier molecular flexibility index (Phi) is 3.18. The van der Waals surface area contributed by atoms with Crippen molar-refractivity contribution < 1.29 is 9.59 Å². The van der Waals surface area contributed by atoms with Crippen LogP contribution in [0.25, 0.3) is 0 Å². The summed E-state index contributed by atoms with van der Waals surface area (Å²) >= 11 is 0. The number of carbonyl (C=O) groups excluding carboxylic acids is 2. The van der Waals surface area contributed by atoms with Crippen LogP contribution in [-0.4, -0.2) is 11.6 Å². The molecular weight excluding hydrogens is 176 g/mol. The van der Waals surface area contributed by atoms with Crippen LogP contribution in [0.4, 0.5) is 0 Å². The van der Waals surface area contributed by atoms with Crippen LogP contribution < -0.4 is 0 Å². The summed E-state index contributed by atoms with van der Waals surface area (Å²) in [5.41, 5.74) is 2.67. The van der Waals surface area contributed by atoms with Crippen molar-refractivity contribution in [3.63, 3.8) is 0 Å². The lowest BCUT2D eigenvalue weighted by molar-refractivity contribution is -0.114. The van der Waals surface area contributed by atoms with Gasteiger partial charge in [0, 0.05) is 12.0 Å². The highest BCUT2D eigenvalue weighted by Gasteiger charge is 2.13. The molecule has 0 unspecified atom stereocenters. The number of hydrogen-bond acceptors (Lipinski definition) is 2. The van der Waals surface area contributed by atoms with Crippen LogP contribution in [0.15, 0.2) is 18.2 Å². The van der Waals surface area contributed by atoms with Crippen molar-refractivity contribution in [1.29, 1.82) is 0 Å². The monoisotopic (exact) mass is 190 g/mol. The zero-order chi connectivity index (χ0) is 10.7. The average molecular weight is 190 g/mol. The minimum atomic E-state index is -0.379. The van der Waals surface area contributed by atoms with Gasteiger partial charge in [0.05, 0.1) is 0 Å². The minimum Gasteiger partial charge on any atom is -0.290 e. The summed E-state index contributed by atoms with van der Waals surface area (Å²) in [6.07, 6.45) is 0.270. The number of benzene rings is 1. The average Bonchev–Trinajstić information content (AvgIpc) is 2.20. The molecule has 0 spiro atoms. The highest BCUT2D eigenvalue weighted by molar-refractivity contribution is 6.43. The van der Waals surface area contributed by atoms with Crippen LogP contribution in [-0.2, 0) is 4.79 Å². The molecule has 14 heavy (non-hydrogen) atoms. The molecule has 0 saturated heterocycles. The lowest BCUT2D eigenvalue weighted by Crippen LogP contribution is -2.12. The molecular formula is C12H14O2. The SMILES string of the molecule is CCC(=O)C(=O)c1ccc(C)c(C)c1. The Balaban J connectivity index is 3.03. The Morgan fingerprint density at radius 2 is 1.79 bits per heavy atom. The molecule has 0 bridgehead atoms. The quantitative estimate of drug-likeness (QED) is 0.542. The standard InChI is InChI=1S/C12H14O2/c1-4-11(13)12(14)10-6-5-8(2)9(3)7-10/h5-7H,4H2,1-3H3. The van der Waals surface area contributed by atoms with Crippen molar-refractivity contribution in [3.05, 3.63) is 34.9 Å². The molecule has 1 aromatic carbocycles. The second-order valence-corrected chi connectivity index (χ2v) is 3.40. The van der Waals surface area contributed by atoms with E-state index in [2.05, 4.69) is 0 Å². The first kappa shape index (κ1) is 10.6. The normalized spacial score (nSPS) is 9.93. The van der Waals surface area contributed by atoms with Crippen LogP contribution in [0, 0.1) is 13.8 Å². The second-order valence-electron chi connectivity index (χ2n) is 3.40. The highest BCUT2D eigenvalue weighted by Crippen LogP contribution is 2.11. The molecule has 2 nitrogen and oxygen atoms in total. The van der Waals surface area contributed by atoms with E-state index in [-0.39, 0.29) is 18.0 Å². The third-order valence-electron chi connectivity index (χ3n) is 2.34. The van der Waals surface area contributed by atoms with Gasteiger partial charge in [0.2, 0.25) is 11.6 Å². The van der Waals surface area contributed by atoms with Crippen LogP contribution in [0.1, 0.15) is 34.8 Å². The molecule has 0 fully saturated rings. The van der Waals surface area contributed by atoms with E-state index in [0.29, 0.717) is 5.56 Å². The van der Waals surface area contributed by atoms with Crippen molar-refractivity contribution in [3.8, 4) is 0 Å². The summed E-state index contributed by atoms with van der Waals surface area (Å²) in [4.78, 5) is 22.6. The zero-order valence-electron chi connectivity index (χ0n) is 8.76. The molecule has 0 aromatic heterocycles. The van der Waals surface area contributed by atoms with Crippen LogP contribution in [0.3, 0.4) is 0 Å². The topological polar surface area (TPSA) is 34.1 Å². The Hall–Kier alpha value is -1.44. The van der Waals surface area contributed by atoms with Gasteiger partial charge in [-0.15, -0.1) is 0 Å². The largest absolute Gasteiger partial charge is 0.290 e. The van der Waals surface area contributed by atoms with Crippen molar-refractivity contribution in [2.45, 2.75) is 27.2 Å². The van der Waals surface area contributed by atoms with Gasteiger partial charge in [0.1, 0.15) is 0 Å². The number of aryl methyl sites for hydroxylation is 2. The number of rotatable bonds is 3. The van der Waals surface area contributed by atoms with Gasteiger partial charge in [-0.05, 0) is 31.0 Å². The van der Waals surface area contributed by atoms with E-state index in [1.807, 2.05) is 19.9 Å². The summed E-state index contributed by atoms with van der Waals surface area (Å²) in [5, 5.41) is 0. The molecule has 0 atom stereocenters. The van der Waals surface area contributed by atoms with E-state index in [9.17, 15) is 9.59 Å². The molecule has 0 heterocycles. The minimum absolute atomic E-state index is 0.270. The fourth-order valence-corrected chi connectivity index (χ4v) is 1.20. The third-order valence-corrected chi connectivity index (χ3v) is 2.34. The summed E-state index contributed by atoms with van der Waals surface area (Å²) < 4.78 is 0. The summed E-state index contributed by atoms with van der Waals surface area (Å²) in [7, 11) is 0. The lowest BCUT2D eigenvalue weighted by atomic mass is 10.0. The summed E-state index contributed by atoms with van der Waals surface area (Å²) in [5.74, 6) is -0.705. The second kappa shape index (κ2) is 4.18. The van der Waals surface area contributed by atoms with Crippen molar-refractivity contribution in [2.75, 3.05) is 0 Å². The van der Waals surface area contributed by atoms with Gasteiger partial charge >= 0.3 is 0 Å². The summed E-state index contributed by atoms with van der Waals surface area (Å²) in [6, 6.07) is 5.34. The van der Waals surface area contributed by atoms with Gasteiger partial charge < -0.3 is 0 Å². The van der Waals surface area contributed by atoms with Gasteiger partial charge in [-0.3, -0.25) is 9.59 Å². The van der Waals surface area contributed by atoms with E-state index in [1.165, 1.54) is 0 Å². The lowest BCUT2D eigenvalue weighted by Gasteiger charge is -2.02. The van der Waals surface area contributed by atoms with Crippen molar-refractivity contribution >= 4 is 11.6 Å². The molecule has 1 rings (SSSR count). The fourth-order valence-electron chi connectivity index (χ4n) is 1.20. The smallest absolute Gasteiger partial charge is 0.228 e. The van der Waals surface area contributed by atoms with Gasteiger partial charge in [-0.25, -0.2) is 0 Å². The Morgan fingerprint density at radius 1 is 1.14 bits per heavy atom. The Morgan fingerprint density at radius 3 is 2.29 bits per heavy atom. The molecule has 0 radical (unpaired) electrons. The fraction of sp³-hybridized carbons (Fsp3) is 0.333. The van der Waals surface area contributed by atoms with Gasteiger partial charge in [0.15, 0.2) is 0 Å². The first-order valence-corrected chi connectivity index (χ1v) is 4.71. The highest BCUT2D eigenvalue weighted by atomic mass is 16.2. The first-order chi connectivity index (χ1) is 6.56. The van der Waals surface area contributed by atoms with E-state index in [1.54, 1.807) is 19.1 Å². The maximum Gasteiger partial charge on any atom is 0.228 e. The first-order valence-electron chi connectivity index (χ1n) is 4.71. The number of carbonyl (C=O) groups is 2. The van der Waals surface area contributed by atoms with E-state index < -0.39 is 0 Å². The van der Waals surface area contributed by atoms with Gasteiger partial charge in [0.25, 0.3) is 0 Å². The van der Waals surface area contributed by atoms with Crippen molar-refractivity contribution in [2.24, 2.45) is 0 Å². The molecule has 74 valence electrons. The molecule has 0 N–H and O–H groups in total. The van der Waals surface area contributed by atoms with E-state index in [4.69, 9.17) is 0 Å². The van der Waals surface area contributed by atoms with Gasteiger partial charge in [-0.1, -0.05) is 19.1 Å². The third kappa shape index (κ3) is 2.08. The van der Waals surface area contributed by atoms with Crippen LogP contribution in [0.2, 0.25) is 0 Å². The maximum absolute atomic E-state index is 11.5. The molecule has 2 heteroatoms. The van der Waals surface area contributed by atoms with E-state index in [0.717, 1.165) is 11.1 Å². The van der Waals surface area contributed by atoms with Gasteiger partial charge in [-0.2, -0.15) is 0 Å². The molecule has 0 amide bonds. The van der Waals surface area contributed by atoms with Crippen LogP contribution >= 0.6 is 0 Å². The predicted octanol–water partition coefficient (Wildman–Crippen LogP) is 2.47. The van der Waals surface area contributed by atoms with E-state index >= 15 is 0 Å².